The Balaban J connectivity index is 1.90. The highest BCUT2D eigenvalue weighted by Crippen LogP contribution is 2.35. The molecule has 0 aliphatic carbocycles. The Morgan fingerprint density at radius 2 is 1.93 bits per heavy atom. The van der Waals surface area contributed by atoms with E-state index in [0.29, 0.717) is 34.5 Å². The van der Waals surface area contributed by atoms with Gasteiger partial charge in [-0.3, -0.25) is 4.79 Å². The van der Waals surface area contributed by atoms with Crippen molar-refractivity contribution in [3.63, 3.8) is 0 Å². The molecule has 0 bridgehead atoms. The molecule has 0 amide bonds. The highest BCUT2D eigenvalue weighted by atomic mass is 16.5. The zero-order valence-corrected chi connectivity index (χ0v) is 16.9. The van der Waals surface area contributed by atoms with Crippen LogP contribution in [0.1, 0.15) is 13.3 Å². The van der Waals surface area contributed by atoms with E-state index in [1.165, 1.54) is 7.11 Å². The number of aromatic nitrogens is 3. The van der Waals surface area contributed by atoms with Crippen molar-refractivity contribution in [3.8, 4) is 40.1 Å². The predicted octanol–water partition coefficient (Wildman–Crippen LogP) is 3.85. The summed E-state index contributed by atoms with van der Waals surface area (Å²) in [4.78, 5) is 17.6. The first-order chi connectivity index (χ1) is 14.6. The van der Waals surface area contributed by atoms with E-state index in [2.05, 4.69) is 10.1 Å². The molecule has 0 aliphatic rings. The van der Waals surface area contributed by atoms with Crippen LogP contribution in [0.3, 0.4) is 0 Å². The van der Waals surface area contributed by atoms with Crippen LogP contribution in [0.5, 0.6) is 17.2 Å². The first-order valence-corrected chi connectivity index (χ1v) is 9.50. The van der Waals surface area contributed by atoms with Crippen LogP contribution in [-0.2, 0) is 6.54 Å². The molecular weight excluding hydrogens is 386 g/mol. The summed E-state index contributed by atoms with van der Waals surface area (Å²) in [5.41, 5.74) is 0.822. The number of rotatable bonds is 6. The van der Waals surface area contributed by atoms with Gasteiger partial charge in [-0.2, -0.15) is 4.98 Å². The summed E-state index contributed by atoms with van der Waals surface area (Å²) in [5.74, 6) is 1.11. The molecule has 0 unspecified atom stereocenters. The molecule has 8 heteroatoms. The Hall–Kier alpha value is -3.81. The van der Waals surface area contributed by atoms with Gasteiger partial charge in [-0.15, -0.1) is 0 Å². The maximum absolute atomic E-state index is 13.2. The van der Waals surface area contributed by atoms with Gasteiger partial charge in [-0.05, 0) is 30.7 Å². The van der Waals surface area contributed by atoms with Crippen LogP contribution in [0.4, 0.5) is 0 Å². The molecule has 2 aromatic carbocycles. The molecular formula is C22H21N3O5. The average Bonchev–Trinajstić information content (AvgIpc) is 3.25. The highest BCUT2D eigenvalue weighted by molar-refractivity contribution is 5.91. The lowest BCUT2D eigenvalue weighted by Crippen LogP contribution is -2.22. The highest BCUT2D eigenvalue weighted by Gasteiger charge is 2.23. The number of fused-ring (bicyclic) bond motifs is 1. The second-order valence-corrected chi connectivity index (χ2v) is 6.69. The number of aromatic hydroxyl groups is 1. The second-order valence-electron chi connectivity index (χ2n) is 6.69. The lowest BCUT2D eigenvalue weighted by molar-refractivity contribution is 0.394. The van der Waals surface area contributed by atoms with Crippen molar-refractivity contribution >= 4 is 10.9 Å². The van der Waals surface area contributed by atoms with Gasteiger partial charge in [-0.1, -0.05) is 24.2 Å². The molecule has 0 spiro atoms. The third kappa shape index (κ3) is 3.16. The minimum Gasteiger partial charge on any atom is -0.506 e. The number of hydrogen-bond donors (Lipinski definition) is 1. The van der Waals surface area contributed by atoms with Crippen molar-refractivity contribution in [3.05, 3.63) is 52.8 Å². The summed E-state index contributed by atoms with van der Waals surface area (Å²) < 4.78 is 17.6. The van der Waals surface area contributed by atoms with E-state index in [0.717, 1.165) is 6.42 Å². The first-order valence-electron chi connectivity index (χ1n) is 9.50. The van der Waals surface area contributed by atoms with Gasteiger partial charge in [0, 0.05) is 18.0 Å². The summed E-state index contributed by atoms with van der Waals surface area (Å²) in [6, 6.07) is 12.4. The number of nitrogens with zero attached hydrogens (tertiary/aromatic N) is 3. The summed E-state index contributed by atoms with van der Waals surface area (Å²) in [6.07, 6.45) is 0.756. The Morgan fingerprint density at radius 3 is 2.67 bits per heavy atom. The third-order valence-electron chi connectivity index (χ3n) is 4.88. The number of methoxy groups -OCH3 is 2. The number of pyridine rings is 1. The number of para-hydroxylation sites is 1. The molecule has 2 aromatic heterocycles. The lowest BCUT2D eigenvalue weighted by Gasteiger charge is -2.12. The molecule has 0 aliphatic heterocycles. The smallest absolute Gasteiger partial charge is 0.267 e. The molecule has 154 valence electrons. The Kier molecular flexibility index (Phi) is 5.14. The van der Waals surface area contributed by atoms with Crippen LogP contribution >= 0.6 is 0 Å². The predicted molar refractivity (Wildman–Crippen MR) is 112 cm³/mol. The van der Waals surface area contributed by atoms with Crippen LogP contribution < -0.4 is 15.0 Å². The zero-order chi connectivity index (χ0) is 21.3. The molecule has 0 radical (unpaired) electrons. The van der Waals surface area contributed by atoms with Crippen molar-refractivity contribution in [2.24, 2.45) is 0 Å². The topological polar surface area (TPSA) is 99.6 Å². The van der Waals surface area contributed by atoms with Gasteiger partial charge in [0.2, 0.25) is 5.82 Å². The summed E-state index contributed by atoms with van der Waals surface area (Å²) in [6.45, 7) is 2.48. The lowest BCUT2D eigenvalue weighted by atomic mass is 10.1. The van der Waals surface area contributed by atoms with E-state index in [1.54, 1.807) is 48.1 Å². The number of aryl methyl sites for hydroxylation is 1. The molecule has 30 heavy (non-hydrogen) atoms. The molecule has 0 saturated carbocycles. The van der Waals surface area contributed by atoms with Gasteiger partial charge in [0.15, 0.2) is 0 Å². The molecule has 1 N–H and O–H groups in total. The molecule has 0 fully saturated rings. The van der Waals surface area contributed by atoms with Gasteiger partial charge in [0.25, 0.3) is 11.4 Å². The second kappa shape index (κ2) is 7.90. The van der Waals surface area contributed by atoms with E-state index in [4.69, 9.17) is 14.0 Å². The van der Waals surface area contributed by atoms with Crippen molar-refractivity contribution in [2.45, 2.75) is 19.9 Å². The van der Waals surface area contributed by atoms with Gasteiger partial charge in [-0.25, -0.2) is 0 Å². The summed E-state index contributed by atoms with van der Waals surface area (Å²) >= 11 is 0. The fraction of sp³-hybridized carbons (Fsp3) is 0.227. The minimum atomic E-state index is -0.384. The average molecular weight is 407 g/mol. The fourth-order valence-corrected chi connectivity index (χ4v) is 3.45. The van der Waals surface area contributed by atoms with E-state index in [-0.39, 0.29) is 28.6 Å². The van der Waals surface area contributed by atoms with Crippen LogP contribution in [0, 0.1) is 0 Å². The normalized spacial score (nSPS) is 11.0. The standard InChI is InChI=1S/C22H21N3O5/c1-4-11-25-16-8-6-5-7-14(16)19(26)18(22(25)27)21-23-20(24-30-21)15-10-9-13(28-2)12-17(15)29-3/h5-10,12,26H,4,11H2,1-3H3. The number of ether oxygens (including phenoxy) is 2. The van der Waals surface area contributed by atoms with E-state index < -0.39 is 0 Å². The SMILES string of the molecule is CCCn1c(=O)c(-c2nc(-c3ccc(OC)cc3OC)no2)c(O)c2ccccc21. The summed E-state index contributed by atoms with van der Waals surface area (Å²) in [5, 5.41) is 15.4. The van der Waals surface area contributed by atoms with Crippen LogP contribution in [-0.4, -0.2) is 34.0 Å². The van der Waals surface area contributed by atoms with Crippen LogP contribution in [0.15, 0.2) is 51.8 Å². The van der Waals surface area contributed by atoms with Crippen LogP contribution in [0.25, 0.3) is 33.7 Å². The van der Waals surface area contributed by atoms with Gasteiger partial charge < -0.3 is 23.7 Å². The van der Waals surface area contributed by atoms with Gasteiger partial charge in [0.05, 0.1) is 25.3 Å². The van der Waals surface area contributed by atoms with Crippen LogP contribution in [0.2, 0.25) is 0 Å². The van der Waals surface area contributed by atoms with Crippen molar-refractivity contribution < 1.29 is 19.1 Å². The number of hydrogen-bond acceptors (Lipinski definition) is 7. The Labute approximate surface area is 172 Å². The van der Waals surface area contributed by atoms with E-state index in [9.17, 15) is 9.90 Å². The maximum atomic E-state index is 13.2. The zero-order valence-electron chi connectivity index (χ0n) is 16.9. The molecule has 2 heterocycles. The third-order valence-corrected chi connectivity index (χ3v) is 4.88. The molecule has 0 atom stereocenters. The van der Waals surface area contributed by atoms with E-state index >= 15 is 0 Å². The number of benzene rings is 2. The van der Waals surface area contributed by atoms with Gasteiger partial charge in [0.1, 0.15) is 22.8 Å². The van der Waals surface area contributed by atoms with Gasteiger partial charge >= 0.3 is 0 Å². The monoisotopic (exact) mass is 407 g/mol. The summed E-state index contributed by atoms with van der Waals surface area (Å²) in [7, 11) is 3.09. The molecule has 4 aromatic rings. The van der Waals surface area contributed by atoms with Crippen molar-refractivity contribution in [1.82, 2.24) is 14.7 Å². The Bertz CT molecular complexity index is 1280. The quantitative estimate of drug-likeness (QED) is 0.518. The van der Waals surface area contributed by atoms with Crippen molar-refractivity contribution in [2.75, 3.05) is 14.2 Å². The maximum Gasteiger partial charge on any atom is 0.267 e. The van der Waals surface area contributed by atoms with Crippen molar-refractivity contribution in [1.29, 1.82) is 0 Å². The fourth-order valence-electron chi connectivity index (χ4n) is 3.45. The Morgan fingerprint density at radius 1 is 1.13 bits per heavy atom. The molecule has 8 nitrogen and oxygen atoms in total. The largest absolute Gasteiger partial charge is 0.506 e. The minimum absolute atomic E-state index is 0.0200. The first kappa shape index (κ1) is 19.5. The molecule has 0 saturated heterocycles. The molecule has 4 rings (SSSR count). The van der Waals surface area contributed by atoms with E-state index in [1.807, 2.05) is 13.0 Å².